The Morgan fingerprint density at radius 1 is 0.707 bits per heavy atom. The molecule has 0 aliphatic carbocycles. The fraction of sp³-hybridized carbons (Fsp3) is 0.381. The molecule has 0 amide bonds. The summed E-state index contributed by atoms with van der Waals surface area (Å²) in [5.41, 5.74) is 5.61. The molecule has 6 aromatic rings. The molecule has 0 atom stereocenters. The van der Waals surface area contributed by atoms with Gasteiger partial charge in [0.05, 0.1) is 56.4 Å². The molecule has 4 aromatic carbocycles. The van der Waals surface area contributed by atoms with Gasteiger partial charge in [0.2, 0.25) is 17.4 Å². The number of likely N-dealkylation sites (N-methyl/N-ethyl adjacent to an activating group) is 1. The first-order chi connectivity index (χ1) is 42.7. The standard InChI is InChI=1S/C23H27N2.2C17H17N5O5.C6H15N.ClHO4.Co/c1-22(2)16-11-7-9-13-18(16)24(5)20(22)15-21-23(3,4)17-12-8-10-14-19(17)25(21)6;1-4-5-8-21-16(24)14(18-3)10(2)15(17(21)25)20-19-12-9-11(22(26)27)6-7-13(12)23;1-3-4-7-21-16(24)12(9-18)10(2)15(17(21)25)20-19-13-8-11(22(26)27)5-6-14(13)23;1-4-7(5-2)6-3;2-1(3,4)5;/h7-15H,1-6H3;6-7,9,23,25H,4-5,8H2,1-2H3;5-6,8,23,25H,3-4,7H2,1-2H3;4-6H2,1-3H3;(H,2,3,4,5);/q+1;;;;;/p+1. The van der Waals surface area contributed by atoms with Gasteiger partial charge in [-0.15, -0.1) is 20.5 Å². The largest absolute Gasteiger partial charge is 0.506 e. The molecule has 8 rings (SSSR count). The third-order valence-corrected chi connectivity index (χ3v) is 15.5. The van der Waals surface area contributed by atoms with E-state index in [9.17, 15) is 55.5 Å². The van der Waals surface area contributed by atoms with Gasteiger partial charge in [-0.1, -0.05) is 76.9 Å². The quantitative estimate of drug-likeness (QED) is 0.0173. The summed E-state index contributed by atoms with van der Waals surface area (Å²) in [5, 5.41) is 86.6. The Morgan fingerprint density at radius 2 is 1.14 bits per heavy atom. The van der Waals surface area contributed by atoms with Crippen LogP contribution in [0.3, 0.4) is 0 Å². The molecule has 4 heterocycles. The molecule has 2 aliphatic rings. The number of anilines is 1. The first kappa shape index (κ1) is 77.0. The van der Waals surface area contributed by atoms with E-state index in [0.717, 1.165) is 58.4 Å². The summed E-state index contributed by atoms with van der Waals surface area (Å²) in [6.45, 7) is 34.1. The van der Waals surface area contributed by atoms with Crippen LogP contribution < -0.4 is 34.9 Å². The normalized spacial score (nSPS) is 13.7. The number of non-ortho nitro benzene ring substituents is 2. The second kappa shape index (κ2) is 33.7. The van der Waals surface area contributed by atoms with Gasteiger partial charge >= 0.3 is 0 Å². The Morgan fingerprint density at radius 3 is 1.54 bits per heavy atom. The Kier molecular flexibility index (Phi) is 28.2. The number of para-hydroxylation sites is 2. The number of nitrogens with one attached hydrogen (secondary N) is 1. The molecule has 493 valence electrons. The van der Waals surface area contributed by atoms with Gasteiger partial charge in [0.15, 0.2) is 11.4 Å². The van der Waals surface area contributed by atoms with Crippen molar-refractivity contribution in [1.82, 2.24) is 9.13 Å². The van der Waals surface area contributed by atoms with E-state index < -0.39 is 43.0 Å². The van der Waals surface area contributed by atoms with Crippen molar-refractivity contribution in [2.45, 2.75) is 126 Å². The van der Waals surface area contributed by atoms with Gasteiger partial charge in [0.1, 0.15) is 47.2 Å². The third-order valence-electron chi connectivity index (χ3n) is 15.5. The van der Waals surface area contributed by atoms with Crippen LogP contribution in [0.15, 0.2) is 127 Å². The zero-order chi connectivity index (χ0) is 68.5. The van der Waals surface area contributed by atoms with Crippen molar-refractivity contribution in [2.24, 2.45) is 20.5 Å². The minimum atomic E-state index is -4.69. The topological polar surface area (TPSA) is 389 Å². The number of fused-ring (bicyclic) bond motifs is 2. The van der Waals surface area contributed by atoms with Crippen LogP contribution in [0.5, 0.6) is 23.3 Å². The molecule has 0 saturated heterocycles. The van der Waals surface area contributed by atoms with Gasteiger partial charge in [-0.3, -0.25) is 39.0 Å². The van der Waals surface area contributed by atoms with E-state index in [4.69, 9.17) is 25.2 Å². The van der Waals surface area contributed by atoms with E-state index in [1.54, 1.807) is 11.0 Å². The average Bonchev–Trinajstić information content (AvgIpc) is 1.56. The number of phenols is 2. The summed E-state index contributed by atoms with van der Waals surface area (Å²) >= 11 is 0. The fourth-order valence-electron chi connectivity index (χ4n) is 10.2. The fourth-order valence-corrected chi connectivity index (χ4v) is 10.2. The number of pyridine rings is 2. The van der Waals surface area contributed by atoms with Gasteiger partial charge in [-0.2, -0.15) is 23.8 Å². The van der Waals surface area contributed by atoms with E-state index in [0.29, 0.717) is 12.8 Å². The number of allylic oxidation sites excluding steroid dienone is 2. The number of unbranched alkanes of at least 4 members (excludes halogenated alkanes) is 2. The number of phenolic OH excluding ortho intramolecular Hbond substituents is 2. The molecule has 1 radical (unpaired) electrons. The minimum Gasteiger partial charge on any atom is -0.506 e. The van der Waals surface area contributed by atoms with E-state index in [2.05, 4.69) is 152 Å². The van der Waals surface area contributed by atoms with Gasteiger partial charge in [-0.05, 0) is 90.6 Å². The predicted octanol–water partition coefficient (Wildman–Crippen LogP) is 8.61. The number of nitro benzene ring substituents is 2. The van der Waals surface area contributed by atoms with Crippen LogP contribution in [0.25, 0.3) is 4.85 Å². The maximum absolute atomic E-state index is 12.3. The van der Waals surface area contributed by atoms with E-state index in [-0.39, 0.29) is 109 Å². The molecule has 0 fully saturated rings. The first-order valence-electron chi connectivity index (χ1n) is 28.9. The number of hydrogen-bond acceptors (Lipinski definition) is 20. The summed E-state index contributed by atoms with van der Waals surface area (Å²) < 4.78 is 37.2. The third kappa shape index (κ3) is 18.5. The van der Waals surface area contributed by atoms with Crippen molar-refractivity contribution < 1.29 is 85.4 Å². The molecule has 0 spiro atoms. The number of nitriles is 1. The molecule has 0 unspecified atom stereocenters. The van der Waals surface area contributed by atoms with Gasteiger partial charge in [0.25, 0.3) is 28.2 Å². The molecule has 27 nitrogen and oxygen atoms in total. The average molecular weight is 1340 g/mol. The van der Waals surface area contributed by atoms with Gasteiger partial charge in [-0.25, -0.2) is 4.85 Å². The first-order valence-corrected chi connectivity index (χ1v) is 30.2. The number of azo groups is 2. The Labute approximate surface area is 545 Å². The van der Waals surface area contributed by atoms with Crippen LogP contribution in [0, 0.1) is 62.2 Å². The zero-order valence-electron chi connectivity index (χ0n) is 53.5. The summed E-state index contributed by atoms with van der Waals surface area (Å²) in [6, 6.07) is 25.8. The van der Waals surface area contributed by atoms with Gasteiger partial charge < -0.3 is 30.2 Å². The van der Waals surface area contributed by atoms with E-state index in [1.165, 1.54) is 67.4 Å². The van der Waals surface area contributed by atoms with Crippen LogP contribution in [0.4, 0.5) is 51.2 Å². The van der Waals surface area contributed by atoms with Crippen LogP contribution in [-0.2, 0) is 40.7 Å². The van der Waals surface area contributed by atoms with E-state index >= 15 is 0 Å². The summed E-state index contributed by atoms with van der Waals surface area (Å²) in [4.78, 5) is 52.3. The van der Waals surface area contributed by atoms with E-state index in [1.807, 2.05) is 13.8 Å². The predicted molar refractivity (Wildman–Crippen MR) is 334 cm³/mol. The molecular formula is C63H78ClCoN13O14+2. The molecular weight excluding hydrogens is 1260 g/mol. The SMILES string of the molecule is CCCCn1c(O)c(N=Nc2cc([N+](=O)[O-])ccc2O)c(C)c(C#N)c1=O.CC[NH+](CC)CC.CN1C(=CC2=[N+](C)c3ccccc3C2(C)C)C(C)(C)c2ccccc21.[C-]#[N+]c1c(C)c(N=Nc2cc([N+](=O)[O-])ccc2O)c(O)n(CCCC)c1=O.[Co].[O-][Cl+3]([O-])([O-])O. The smallest absolute Gasteiger partial charge is 0.271 e. The number of aromatic hydroxyl groups is 4. The number of quaternary nitrogens is 1. The van der Waals surface area contributed by atoms with Crippen molar-refractivity contribution in [3.63, 3.8) is 0 Å². The molecule has 6 N–H and O–H groups in total. The van der Waals surface area contributed by atoms with Crippen molar-refractivity contribution >= 4 is 56.9 Å². The maximum atomic E-state index is 12.3. The molecule has 2 aliphatic heterocycles. The summed E-state index contributed by atoms with van der Waals surface area (Å²) in [5.74, 6) is -1.60. The summed E-state index contributed by atoms with van der Waals surface area (Å²) in [6.07, 6.45) is 5.16. The minimum absolute atomic E-state index is 0. The Balaban J connectivity index is 0.000000328. The number of benzene rings is 4. The van der Waals surface area contributed by atoms with Crippen molar-refractivity contribution in [1.29, 1.82) is 5.26 Å². The molecule has 0 saturated carbocycles. The number of nitrogens with zero attached hydrogens (tertiary/aromatic N) is 12. The Hall–Kier alpha value is -9.23. The van der Waals surface area contributed by atoms with Crippen LogP contribution in [0.2, 0.25) is 0 Å². The number of hydrogen-bond donors (Lipinski definition) is 6. The summed E-state index contributed by atoms with van der Waals surface area (Å²) in [7, 11) is -0.315. The Bertz CT molecular complexity index is 3810. The van der Waals surface area contributed by atoms with Crippen LogP contribution in [-0.4, -0.2) is 88.1 Å². The second-order valence-corrected chi connectivity index (χ2v) is 22.7. The monoisotopic (exact) mass is 1330 g/mol. The number of rotatable bonds is 16. The van der Waals surface area contributed by atoms with Crippen LogP contribution in [0.1, 0.15) is 116 Å². The number of nitro groups is 2. The number of halogens is 1. The molecule has 29 heteroatoms. The van der Waals surface area contributed by atoms with Crippen molar-refractivity contribution in [2.75, 3.05) is 38.6 Å². The molecule has 2 aromatic heterocycles. The van der Waals surface area contributed by atoms with Crippen LogP contribution >= 0.6 is 0 Å². The van der Waals surface area contributed by atoms with Gasteiger partial charge in [0, 0.05) is 101 Å². The zero-order valence-corrected chi connectivity index (χ0v) is 55.3. The second-order valence-electron chi connectivity index (χ2n) is 21.9. The number of aromatic nitrogens is 2. The molecule has 0 bridgehead atoms. The maximum Gasteiger partial charge on any atom is 0.271 e. The molecule has 92 heavy (non-hydrogen) atoms. The van der Waals surface area contributed by atoms with Crippen molar-refractivity contribution in [3.05, 3.63) is 177 Å². The van der Waals surface area contributed by atoms with Crippen molar-refractivity contribution in [3.8, 4) is 29.3 Å².